The van der Waals surface area contributed by atoms with Gasteiger partial charge in [-0.2, -0.15) is 0 Å². The first kappa shape index (κ1) is 15.8. The van der Waals surface area contributed by atoms with Crippen LogP contribution in [0.25, 0.3) is 0 Å². The summed E-state index contributed by atoms with van der Waals surface area (Å²) in [4.78, 5) is 13.8. The van der Waals surface area contributed by atoms with E-state index in [1.54, 1.807) is 14.0 Å². The van der Waals surface area contributed by atoms with Crippen molar-refractivity contribution in [3.05, 3.63) is 0 Å². The lowest BCUT2D eigenvalue weighted by atomic mass is 9.77. The van der Waals surface area contributed by atoms with Gasteiger partial charge in [-0.25, -0.2) is 0 Å². The molecule has 4 heteroatoms. The molecule has 1 atom stereocenters. The van der Waals surface area contributed by atoms with Crippen molar-refractivity contribution in [1.82, 2.24) is 10.2 Å². The Kier molecular flexibility index (Phi) is 5.08. The molecular weight excluding hydrogens is 252 g/mol. The van der Waals surface area contributed by atoms with E-state index in [2.05, 4.69) is 10.2 Å². The zero-order chi connectivity index (χ0) is 14.6. The first-order valence-corrected chi connectivity index (χ1v) is 8.14. The van der Waals surface area contributed by atoms with Crippen molar-refractivity contribution in [1.29, 1.82) is 0 Å². The van der Waals surface area contributed by atoms with E-state index in [-0.39, 0.29) is 0 Å². The van der Waals surface area contributed by atoms with Crippen LogP contribution in [0.4, 0.5) is 0 Å². The molecule has 2 aliphatic rings. The van der Waals surface area contributed by atoms with Crippen molar-refractivity contribution < 1.29 is 9.90 Å². The SMILES string of the molecule is CNC(C)(CCCN1CCC2(CCCC2)CC1)C(=O)O. The maximum absolute atomic E-state index is 11.2. The van der Waals surface area contributed by atoms with Gasteiger partial charge in [0.05, 0.1) is 0 Å². The summed E-state index contributed by atoms with van der Waals surface area (Å²) in [5, 5.41) is 12.2. The molecule has 2 N–H and O–H groups in total. The van der Waals surface area contributed by atoms with Crippen LogP contribution >= 0.6 is 0 Å². The molecule has 2 rings (SSSR count). The number of likely N-dealkylation sites (N-methyl/N-ethyl adjacent to an activating group) is 1. The quantitative estimate of drug-likeness (QED) is 0.786. The van der Waals surface area contributed by atoms with Gasteiger partial charge in [0.1, 0.15) is 5.54 Å². The van der Waals surface area contributed by atoms with Crippen molar-refractivity contribution in [2.75, 3.05) is 26.7 Å². The molecule has 1 unspecified atom stereocenters. The zero-order valence-electron chi connectivity index (χ0n) is 13.1. The van der Waals surface area contributed by atoms with Crippen molar-refractivity contribution in [3.8, 4) is 0 Å². The molecule has 20 heavy (non-hydrogen) atoms. The summed E-state index contributed by atoms with van der Waals surface area (Å²) in [5.41, 5.74) is -0.0977. The Labute approximate surface area is 122 Å². The van der Waals surface area contributed by atoms with Gasteiger partial charge in [-0.05, 0) is 77.5 Å². The molecule has 0 aromatic carbocycles. The smallest absolute Gasteiger partial charge is 0.323 e. The van der Waals surface area contributed by atoms with Gasteiger partial charge in [0.2, 0.25) is 0 Å². The highest BCUT2D eigenvalue weighted by atomic mass is 16.4. The largest absolute Gasteiger partial charge is 0.480 e. The highest BCUT2D eigenvalue weighted by Gasteiger charge is 2.37. The Hall–Kier alpha value is -0.610. The summed E-state index contributed by atoms with van der Waals surface area (Å²) in [6, 6.07) is 0. The predicted molar refractivity (Wildman–Crippen MR) is 80.9 cm³/mol. The number of piperidine rings is 1. The second-order valence-electron chi connectivity index (χ2n) is 7.04. The Morgan fingerprint density at radius 2 is 1.85 bits per heavy atom. The van der Waals surface area contributed by atoms with E-state index in [0.717, 1.165) is 13.0 Å². The Bertz CT molecular complexity index is 329. The zero-order valence-corrected chi connectivity index (χ0v) is 13.1. The fraction of sp³-hybridized carbons (Fsp3) is 0.938. The number of likely N-dealkylation sites (tertiary alicyclic amines) is 1. The molecule has 0 aromatic rings. The lowest BCUT2D eigenvalue weighted by Gasteiger charge is -2.39. The van der Waals surface area contributed by atoms with Crippen LogP contribution in [-0.4, -0.2) is 48.2 Å². The number of nitrogens with one attached hydrogen (secondary N) is 1. The molecule has 2 fully saturated rings. The summed E-state index contributed by atoms with van der Waals surface area (Å²) in [6.45, 7) is 5.24. The third-order valence-electron chi connectivity index (χ3n) is 5.76. The van der Waals surface area contributed by atoms with Crippen LogP contribution in [0, 0.1) is 5.41 Å². The van der Waals surface area contributed by atoms with Crippen LogP contribution in [-0.2, 0) is 4.79 Å². The topological polar surface area (TPSA) is 52.6 Å². The highest BCUT2D eigenvalue weighted by molar-refractivity contribution is 5.78. The van der Waals surface area contributed by atoms with E-state index in [9.17, 15) is 9.90 Å². The second kappa shape index (κ2) is 6.44. The average Bonchev–Trinajstić information content (AvgIpc) is 2.89. The van der Waals surface area contributed by atoms with E-state index in [4.69, 9.17) is 0 Å². The van der Waals surface area contributed by atoms with Crippen molar-refractivity contribution in [3.63, 3.8) is 0 Å². The monoisotopic (exact) mass is 282 g/mol. The summed E-state index contributed by atoms with van der Waals surface area (Å²) < 4.78 is 0. The van der Waals surface area contributed by atoms with Crippen LogP contribution in [0.3, 0.4) is 0 Å². The molecule has 1 saturated heterocycles. The van der Waals surface area contributed by atoms with Crippen LogP contribution in [0.2, 0.25) is 0 Å². The summed E-state index contributed by atoms with van der Waals surface area (Å²) >= 11 is 0. The normalized spacial score (nSPS) is 25.7. The van der Waals surface area contributed by atoms with E-state index in [0.29, 0.717) is 11.8 Å². The van der Waals surface area contributed by atoms with Crippen molar-refractivity contribution in [2.24, 2.45) is 5.41 Å². The molecular formula is C16H30N2O2. The fourth-order valence-electron chi connectivity index (χ4n) is 3.87. The number of aliphatic carboxylic acids is 1. The number of carbonyl (C=O) groups is 1. The number of hydrogen-bond acceptors (Lipinski definition) is 3. The maximum atomic E-state index is 11.2. The Morgan fingerprint density at radius 3 is 2.35 bits per heavy atom. The third-order valence-corrected chi connectivity index (χ3v) is 5.76. The lowest BCUT2D eigenvalue weighted by Crippen LogP contribution is -2.48. The molecule has 1 heterocycles. The second-order valence-corrected chi connectivity index (χ2v) is 7.04. The number of carboxylic acid groups (broad SMARTS) is 1. The molecule has 116 valence electrons. The minimum absolute atomic E-state index is 0.678. The summed E-state index contributed by atoms with van der Waals surface area (Å²) in [6.07, 6.45) is 10.1. The molecule has 0 radical (unpaired) electrons. The van der Waals surface area contributed by atoms with Gasteiger partial charge in [-0.15, -0.1) is 0 Å². The van der Waals surface area contributed by atoms with Gasteiger partial charge >= 0.3 is 5.97 Å². The minimum Gasteiger partial charge on any atom is -0.480 e. The average molecular weight is 282 g/mol. The molecule has 1 aliphatic heterocycles. The Balaban J connectivity index is 1.70. The van der Waals surface area contributed by atoms with Crippen LogP contribution in [0.15, 0.2) is 0 Å². The number of carboxylic acids is 1. The first-order chi connectivity index (χ1) is 9.50. The minimum atomic E-state index is -0.775. The molecule has 1 spiro atoms. The van der Waals surface area contributed by atoms with E-state index in [1.807, 2.05) is 0 Å². The van der Waals surface area contributed by atoms with E-state index >= 15 is 0 Å². The van der Waals surface area contributed by atoms with Gasteiger partial charge in [-0.1, -0.05) is 12.8 Å². The van der Waals surface area contributed by atoms with Gasteiger partial charge in [0.25, 0.3) is 0 Å². The van der Waals surface area contributed by atoms with Crippen LogP contribution in [0.5, 0.6) is 0 Å². The van der Waals surface area contributed by atoms with Crippen molar-refractivity contribution >= 4 is 5.97 Å². The molecule has 1 aliphatic carbocycles. The third kappa shape index (κ3) is 3.53. The standard InChI is InChI=1S/C16H30N2O2/c1-15(17-2,14(19)20)6-5-11-18-12-9-16(10-13-18)7-3-4-8-16/h17H,3-13H2,1-2H3,(H,19,20). The lowest BCUT2D eigenvalue weighted by molar-refractivity contribution is -0.144. The predicted octanol–water partition coefficient (Wildman–Crippen LogP) is 2.49. The first-order valence-electron chi connectivity index (χ1n) is 8.14. The van der Waals surface area contributed by atoms with Gasteiger partial charge in [0.15, 0.2) is 0 Å². The molecule has 4 nitrogen and oxygen atoms in total. The molecule has 1 saturated carbocycles. The fourth-order valence-corrected chi connectivity index (χ4v) is 3.87. The number of hydrogen-bond donors (Lipinski definition) is 2. The number of nitrogens with zero attached hydrogens (tertiary/aromatic N) is 1. The summed E-state index contributed by atoms with van der Waals surface area (Å²) in [7, 11) is 1.73. The van der Waals surface area contributed by atoms with Gasteiger partial charge in [0, 0.05) is 0 Å². The highest BCUT2D eigenvalue weighted by Crippen LogP contribution is 2.46. The van der Waals surface area contributed by atoms with Crippen molar-refractivity contribution in [2.45, 2.75) is 63.8 Å². The molecule has 0 amide bonds. The van der Waals surface area contributed by atoms with Crippen LogP contribution < -0.4 is 5.32 Å². The molecule has 0 aromatic heterocycles. The number of rotatable bonds is 6. The Morgan fingerprint density at radius 1 is 1.25 bits per heavy atom. The van der Waals surface area contributed by atoms with Gasteiger partial charge in [-0.3, -0.25) is 4.79 Å². The summed E-state index contributed by atoms with van der Waals surface area (Å²) in [5.74, 6) is -0.747. The maximum Gasteiger partial charge on any atom is 0.323 e. The molecule has 0 bridgehead atoms. The van der Waals surface area contributed by atoms with E-state index < -0.39 is 11.5 Å². The van der Waals surface area contributed by atoms with Crippen LogP contribution in [0.1, 0.15) is 58.3 Å². The van der Waals surface area contributed by atoms with E-state index in [1.165, 1.54) is 51.6 Å². The van der Waals surface area contributed by atoms with Gasteiger partial charge < -0.3 is 15.3 Å².